The van der Waals surface area contributed by atoms with Gasteiger partial charge in [-0.15, -0.1) is 0 Å². The molecule has 4 nitrogen and oxygen atoms in total. The standard InChI is InChI=1S/C14H23N3O/c1-4-15-14-16-11(3)9-13(17-14)18-12-8-6-5-7-10(12)2/h9-10,12H,4-8H2,1-3H3,(H,15,16,17). The highest BCUT2D eigenvalue weighted by molar-refractivity contribution is 5.30. The number of aryl methyl sites for hydroxylation is 1. The van der Waals surface area contributed by atoms with Crippen LogP contribution in [-0.4, -0.2) is 22.6 Å². The van der Waals surface area contributed by atoms with Crippen molar-refractivity contribution in [2.75, 3.05) is 11.9 Å². The molecule has 2 atom stereocenters. The van der Waals surface area contributed by atoms with Gasteiger partial charge in [0.1, 0.15) is 6.10 Å². The molecule has 18 heavy (non-hydrogen) atoms. The zero-order chi connectivity index (χ0) is 13.0. The Morgan fingerprint density at radius 1 is 1.33 bits per heavy atom. The van der Waals surface area contributed by atoms with Gasteiger partial charge in [-0.25, -0.2) is 4.98 Å². The molecule has 1 aliphatic rings. The molecule has 0 bridgehead atoms. The molecule has 0 aromatic carbocycles. The first-order valence-electron chi connectivity index (χ1n) is 6.95. The molecule has 1 N–H and O–H groups in total. The van der Waals surface area contributed by atoms with Crippen molar-refractivity contribution in [1.82, 2.24) is 9.97 Å². The van der Waals surface area contributed by atoms with Crippen molar-refractivity contribution >= 4 is 5.95 Å². The summed E-state index contributed by atoms with van der Waals surface area (Å²) in [5.74, 6) is 1.99. The number of nitrogens with one attached hydrogen (secondary N) is 1. The van der Waals surface area contributed by atoms with E-state index in [1.807, 2.05) is 19.9 Å². The first kappa shape index (κ1) is 13.1. The summed E-state index contributed by atoms with van der Waals surface area (Å²) >= 11 is 0. The van der Waals surface area contributed by atoms with Crippen LogP contribution < -0.4 is 10.1 Å². The van der Waals surface area contributed by atoms with E-state index in [-0.39, 0.29) is 0 Å². The van der Waals surface area contributed by atoms with Crippen molar-refractivity contribution in [3.63, 3.8) is 0 Å². The molecule has 0 aliphatic heterocycles. The van der Waals surface area contributed by atoms with Gasteiger partial charge in [0.05, 0.1) is 0 Å². The molecule has 1 heterocycles. The average Bonchev–Trinajstić information content (AvgIpc) is 2.32. The van der Waals surface area contributed by atoms with E-state index < -0.39 is 0 Å². The van der Waals surface area contributed by atoms with Gasteiger partial charge in [0.25, 0.3) is 0 Å². The van der Waals surface area contributed by atoms with Crippen LogP contribution in [0.3, 0.4) is 0 Å². The third-order valence-corrected chi connectivity index (χ3v) is 3.47. The van der Waals surface area contributed by atoms with Crippen molar-refractivity contribution in [1.29, 1.82) is 0 Å². The van der Waals surface area contributed by atoms with Gasteiger partial charge in [0.2, 0.25) is 11.8 Å². The monoisotopic (exact) mass is 249 g/mol. The van der Waals surface area contributed by atoms with Crippen LogP contribution >= 0.6 is 0 Å². The van der Waals surface area contributed by atoms with Gasteiger partial charge < -0.3 is 10.1 Å². The van der Waals surface area contributed by atoms with Crippen LogP contribution in [-0.2, 0) is 0 Å². The lowest BCUT2D eigenvalue weighted by atomic mass is 9.88. The smallest absolute Gasteiger partial charge is 0.226 e. The molecular formula is C14H23N3O. The Bertz CT molecular complexity index is 395. The molecule has 1 saturated carbocycles. The number of hydrogen-bond acceptors (Lipinski definition) is 4. The number of ether oxygens (including phenoxy) is 1. The number of anilines is 1. The molecule has 2 rings (SSSR count). The van der Waals surface area contributed by atoms with Crippen LogP contribution in [0.1, 0.15) is 45.2 Å². The van der Waals surface area contributed by atoms with Crippen molar-refractivity contribution in [3.8, 4) is 5.88 Å². The minimum Gasteiger partial charge on any atom is -0.474 e. The summed E-state index contributed by atoms with van der Waals surface area (Å²) in [5, 5.41) is 3.13. The van der Waals surface area contributed by atoms with Crippen molar-refractivity contribution in [2.45, 2.75) is 52.6 Å². The van der Waals surface area contributed by atoms with Gasteiger partial charge >= 0.3 is 0 Å². The second-order valence-electron chi connectivity index (χ2n) is 5.12. The molecule has 2 unspecified atom stereocenters. The van der Waals surface area contributed by atoms with Crippen molar-refractivity contribution in [3.05, 3.63) is 11.8 Å². The van der Waals surface area contributed by atoms with E-state index in [2.05, 4.69) is 22.2 Å². The number of nitrogens with zero attached hydrogens (tertiary/aromatic N) is 2. The van der Waals surface area contributed by atoms with E-state index in [1.54, 1.807) is 0 Å². The lowest BCUT2D eigenvalue weighted by Gasteiger charge is -2.28. The van der Waals surface area contributed by atoms with E-state index in [4.69, 9.17) is 4.74 Å². The Kier molecular flexibility index (Phi) is 4.39. The molecule has 1 aromatic rings. The summed E-state index contributed by atoms with van der Waals surface area (Å²) < 4.78 is 6.04. The van der Waals surface area contributed by atoms with Crippen molar-refractivity contribution < 1.29 is 4.74 Å². The van der Waals surface area contributed by atoms with E-state index in [0.29, 0.717) is 23.9 Å². The minimum atomic E-state index is 0.308. The van der Waals surface area contributed by atoms with Gasteiger partial charge in [0, 0.05) is 18.3 Å². The van der Waals surface area contributed by atoms with E-state index in [1.165, 1.54) is 19.3 Å². The second kappa shape index (κ2) is 6.03. The summed E-state index contributed by atoms with van der Waals surface area (Å²) in [6, 6.07) is 1.92. The molecule has 0 radical (unpaired) electrons. The van der Waals surface area contributed by atoms with E-state index in [0.717, 1.165) is 18.7 Å². The first-order valence-corrected chi connectivity index (χ1v) is 6.95. The third kappa shape index (κ3) is 3.34. The lowest BCUT2D eigenvalue weighted by molar-refractivity contribution is 0.0975. The Balaban J connectivity index is 2.07. The largest absolute Gasteiger partial charge is 0.474 e. The minimum absolute atomic E-state index is 0.308. The van der Waals surface area contributed by atoms with Crippen LogP contribution in [0.2, 0.25) is 0 Å². The molecule has 0 saturated heterocycles. The highest BCUT2D eigenvalue weighted by Crippen LogP contribution is 2.27. The van der Waals surface area contributed by atoms with E-state index in [9.17, 15) is 0 Å². The van der Waals surface area contributed by atoms with Crippen LogP contribution in [0.25, 0.3) is 0 Å². The molecule has 1 aliphatic carbocycles. The molecular weight excluding hydrogens is 226 g/mol. The summed E-state index contributed by atoms with van der Waals surface area (Å²) in [4.78, 5) is 8.74. The molecule has 1 aromatic heterocycles. The summed E-state index contributed by atoms with van der Waals surface area (Å²) in [7, 11) is 0. The Morgan fingerprint density at radius 3 is 2.83 bits per heavy atom. The fourth-order valence-electron chi connectivity index (χ4n) is 2.45. The van der Waals surface area contributed by atoms with E-state index >= 15 is 0 Å². The summed E-state index contributed by atoms with van der Waals surface area (Å²) in [6.45, 7) is 7.10. The van der Waals surface area contributed by atoms with Crippen molar-refractivity contribution in [2.24, 2.45) is 5.92 Å². The Labute approximate surface area is 109 Å². The molecule has 4 heteroatoms. The third-order valence-electron chi connectivity index (χ3n) is 3.47. The molecule has 0 amide bonds. The Morgan fingerprint density at radius 2 is 2.11 bits per heavy atom. The number of rotatable bonds is 4. The Hall–Kier alpha value is -1.32. The highest BCUT2D eigenvalue weighted by Gasteiger charge is 2.23. The number of hydrogen-bond donors (Lipinski definition) is 1. The van der Waals surface area contributed by atoms with Crippen LogP contribution in [0, 0.1) is 12.8 Å². The van der Waals surface area contributed by atoms with Crippen LogP contribution in [0.4, 0.5) is 5.95 Å². The zero-order valence-corrected chi connectivity index (χ0v) is 11.6. The van der Waals surface area contributed by atoms with Gasteiger partial charge in [-0.05, 0) is 39.0 Å². The topological polar surface area (TPSA) is 47.0 Å². The maximum Gasteiger partial charge on any atom is 0.226 e. The van der Waals surface area contributed by atoms with Crippen LogP contribution in [0.15, 0.2) is 6.07 Å². The predicted molar refractivity (Wildman–Crippen MR) is 73.0 cm³/mol. The van der Waals surface area contributed by atoms with Gasteiger partial charge in [-0.2, -0.15) is 4.98 Å². The quantitative estimate of drug-likeness (QED) is 0.890. The normalized spacial score (nSPS) is 23.7. The van der Waals surface area contributed by atoms with Crippen LogP contribution in [0.5, 0.6) is 5.88 Å². The summed E-state index contributed by atoms with van der Waals surface area (Å²) in [5.41, 5.74) is 0.944. The maximum atomic E-state index is 6.04. The molecule has 0 spiro atoms. The number of aromatic nitrogens is 2. The van der Waals surface area contributed by atoms with Gasteiger partial charge in [-0.3, -0.25) is 0 Å². The van der Waals surface area contributed by atoms with Gasteiger partial charge in [0.15, 0.2) is 0 Å². The average molecular weight is 249 g/mol. The first-order chi connectivity index (χ1) is 8.69. The second-order valence-corrected chi connectivity index (χ2v) is 5.12. The summed E-state index contributed by atoms with van der Waals surface area (Å²) in [6.07, 6.45) is 5.30. The molecule has 100 valence electrons. The SMILES string of the molecule is CCNc1nc(C)cc(OC2CCCCC2C)n1. The molecule has 1 fully saturated rings. The lowest BCUT2D eigenvalue weighted by Crippen LogP contribution is -2.28. The fraction of sp³-hybridized carbons (Fsp3) is 0.714. The van der Waals surface area contributed by atoms with Gasteiger partial charge in [-0.1, -0.05) is 13.3 Å². The fourth-order valence-corrected chi connectivity index (χ4v) is 2.45. The highest BCUT2D eigenvalue weighted by atomic mass is 16.5. The zero-order valence-electron chi connectivity index (χ0n) is 11.6. The predicted octanol–water partition coefficient (Wildman–Crippen LogP) is 3.17. The maximum absolute atomic E-state index is 6.04.